The molecule has 6 aromatic rings. The molecule has 0 saturated heterocycles. The molecular formula is C30H27Cl3Zr3. The molecular weight excluding hydrogens is 740 g/mol. The summed E-state index contributed by atoms with van der Waals surface area (Å²) in [5, 5.41) is 8.08. The quantitative estimate of drug-likeness (QED) is 0.185. The van der Waals surface area contributed by atoms with Gasteiger partial charge >= 0.3 is 78.6 Å². The summed E-state index contributed by atoms with van der Waals surface area (Å²) in [7, 11) is 0. The van der Waals surface area contributed by atoms with Crippen LogP contribution >= 0.6 is 0 Å². The van der Waals surface area contributed by atoms with Crippen LogP contribution in [0, 0.1) is 20.8 Å². The van der Waals surface area contributed by atoms with Gasteiger partial charge in [-0.25, -0.2) is 0 Å². The Morgan fingerprint density at radius 1 is 0.389 bits per heavy atom. The van der Waals surface area contributed by atoms with Gasteiger partial charge in [-0.2, -0.15) is 18.2 Å². The van der Waals surface area contributed by atoms with E-state index in [1.807, 2.05) is 0 Å². The molecule has 180 valence electrons. The van der Waals surface area contributed by atoms with Crippen molar-refractivity contribution in [3.8, 4) is 0 Å². The van der Waals surface area contributed by atoms with Gasteiger partial charge in [-0.05, 0) is 0 Å². The number of rotatable bonds is 0. The molecule has 0 aromatic heterocycles. The van der Waals surface area contributed by atoms with E-state index in [2.05, 4.69) is 130 Å². The molecule has 0 atom stereocenters. The Bertz CT molecular complexity index is 1130. The summed E-state index contributed by atoms with van der Waals surface area (Å²) in [4.78, 5) is 0. The standard InChI is InChI=1S/3C10H9.3ClH.3Zr/c3*1-8-6-9-4-2-3-5-10(9)7-8;;;;;;/h3*2-7H,1H3;3*1H;;;/q3*-1;;;;3*+2/p-3. The van der Waals surface area contributed by atoms with Crippen molar-refractivity contribution < 1.29 is 116 Å². The molecule has 6 heteroatoms. The molecule has 0 fully saturated rings. The zero-order valence-corrected chi connectivity index (χ0v) is 30.2. The van der Waals surface area contributed by atoms with E-state index in [1.54, 1.807) is 0 Å². The van der Waals surface area contributed by atoms with Crippen LogP contribution in [-0.2, 0) is 78.6 Å². The summed E-state index contributed by atoms with van der Waals surface area (Å²) in [6.45, 7) is 6.38. The number of fused-ring (bicyclic) bond motifs is 3. The smallest absolute Gasteiger partial charge is 1.00 e. The topological polar surface area (TPSA) is 0 Å². The molecule has 0 amide bonds. The van der Waals surface area contributed by atoms with E-state index in [9.17, 15) is 0 Å². The minimum Gasteiger partial charge on any atom is -1.00 e. The molecule has 0 spiro atoms. The largest absolute Gasteiger partial charge is 2.00 e. The van der Waals surface area contributed by atoms with Gasteiger partial charge in [0.25, 0.3) is 0 Å². The van der Waals surface area contributed by atoms with Crippen molar-refractivity contribution in [2.45, 2.75) is 20.8 Å². The second-order valence-corrected chi connectivity index (χ2v) is 7.98. The summed E-state index contributed by atoms with van der Waals surface area (Å²) in [5.41, 5.74) is 4.05. The number of hydrogen-bond donors (Lipinski definition) is 0. The molecule has 6 rings (SSSR count). The van der Waals surface area contributed by atoms with E-state index < -0.39 is 0 Å². The Morgan fingerprint density at radius 2 is 0.611 bits per heavy atom. The van der Waals surface area contributed by atoms with Gasteiger partial charge in [-0.15, -0.1) is 122 Å². The summed E-state index contributed by atoms with van der Waals surface area (Å²) >= 11 is 0. The Balaban J connectivity index is -0.000000419. The maximum Gasteiger partial charge on any atom is 2.00 e. The molecule has 0 aliphatic rings. The molecule has 0 bridgehead atoms. The average Bonchev–Trinajstić information content (AvgIpc) is 3.41. The van der Waals surface area contributed by atoms with E-state index in [1.165, 1.54) is 49.0 Å². The first-order valence-electron chi connectivity index (χ1n) is 10.4. The van der Waals surface area contributed by atoms with Crippen molar-refractivity contribution in [2.24, 2.45) is 0 Å². The first kappa shape index (κ1) is 40.5. The molecule has 0 aliphatic heterocycles. The maximum atomic E-state index is 2.20. The van der Waals surface area contributed by atoms with Crippen LogP contribution in [-0.4, -0.2) is 0 Å². The second kappa shape index (κ2) is 20.0. The third-order valence-corrected chi connectivity index (χ3v) is 5.29. The summed E-state index contributed by atoms with van der Waals surface area (Å²) in [6.07, 6.45) is 0. The maximum absolute atomic E-state index is 2.20. The van der Waals surface area contributed by atoms with Crippen molar-refractivity contribution in [2.75, 3.05) is 0 Å². The van der Waals surface area contributed by atoms with Crippen molar-refractivity contribution in [3.05, 3.63) is 126 Å². The van der Waals surface area contributed by atoms with E-state index in [0.717, 1.165) is 0 Å². The fourth-order valence-corrected chi connectivity index (χ4v) is 3.92. The minimum atomic E-state index is 0. The minimum absolute atomic E-state index is 0. The third-order valence-electron chi connectivity index (χ3n) is 5.29. The fraction of sp³-hybridized carbons (Fsp3) is 0.100. The Kier molecular flexibility index (Phi) is 22.5. The molecule has 0 saturated carbocycles. The third kappa shape index (κ3) is 11.4. The number of halogens is 3. The fourth-order valence-electron chi connectivity index (χ4n) is 3.92. The molecule has 6 aromatic carbocycles. The van der Waals surface area contributed by atoms with Gasteiger partial charge in [0.05, 0.1) is 0 Å². The van der Waals surface area contributed by atoms with Crippen molar-refractivity contribution in [1.82, 2.24) is 0 Å². The van der Waals surface area contributed by atoms with Crippen LogP contribution in [0.15, 0.2) is 109 Å². The monoisotopic (exact) mass is 762 g/mol. The van der Waals surface area contributed by atoms with Crippen molar-refractivity contribution in [3.63, 3.8) is 0 Å². The van der Waals surface area contributed by atoms with Crippen LogP contribution in [0.5, 0.6) is 0 Å². The van der Waals surface area contributed by atoms with Gasteiger partial charge in [0.2, 0.25) is 0 Å². The molecule has 0 N–H and O–H groups in total. The molecule has 0 aliphatic carbocycles. The Morgan fingerprint density at radius 3 is 0.833 bits per heavy atom. The SMILES string of the molecule is Cc1cc2ccccc2[cH-]1.Cc1cc2ccccc2[cH-]1.Cc1cc2ccccc2[cH-]1.[Cl-].[Cl-].[Cl-].[Zr+2].[Zr+2].[Zr+2]. The predicted octanol–water partition coefficient (Wildman–Crippen LogP) is -0.394. The zero-order chi connectivity index (χ0) is 20.9. The summed E-state index contributed by atoms with van der Waals surface area (Å²) < 4.78 is 0. The van der Waals surface area contributed by atoms with Gasteiger partial charge in [0, 0.05) is 0 Å². The molecule has 0 heterocycles. The normalized spacial score (nSPS) is 8.75. The first-order valence-corrected chi connectivity index (χ1v) is 10.4. The van der Waals surface area contributed by atoms with Crippen LogP contribution in [0.1, 0.15) is 16.7 Å². The van der Waals surface area contributed by atoms with Gasteiger partial charge < -0.3 is 37.2 Å². The van der Waals surface area contributed by atoms with Crippen molar-refractivity contribution >= 4 is 32.3 Å². The Labute approximate surface area is 291 Å². The van der Waals surface area contributed by atoms with Gasteiger partial charge in [0.15, 0.2) is 0 Å². The number of aryl methyl sites for hydroxylation is 3. The van der Waals surface area contributed by atoms with E-state index >= 15 is 0 Å². The van der Waals surface area contributed by atoms with Crippen LogP contribution in [0.3, 0.4) is 0 Å². The molecule has 0 unspecified atom stereocenters. The predicted molar refractivity (Wildman–Crippen MR) is 133 cm³/mol. The van der Waals surface area contributed by atoms with E-state index in [4.69, 9.17) is 0 Å². The summed E-state index contributed by atoms with van der Waals surface area (Å²) in [5.74, 6) is 0. The van der Waals surface area contributed by atoms with Crippen LogP contribution in [0.25, 0.3) is 32.3 Å². The molecule has 0 nitrogen and oxygen atoms in total. The van der Waals surface area contributed by atoms with E-state index in [0.29, 0.717) is 0 Å². The number of benzene rings is 3. The van der Waals surface area contributed by atoms with Gasteiger partial charge in [-0.3, -0.25) is 0 Å². The molecule has 0 radical (unpaired) electrons. The molecule has 36 heavy (non-hydrogen) atoms. The Hall–Kier alpha value is 0.00935. The zero-order valence-electron chi connectivity index (χ0n) is 20.5. The van der Waals surface area contributed by atoms with Gasteiger partial charge in [-0.1, -0.05) is 39.0 Å². The van der Waals surface area contributed by atoms with Crippen LogP contribution < -0.4 is 37.2 Å². The van der Waals surface area contributed by atoms with E-state index in [-0.39, 0.29) is 116 Å². The van der Waals surface area contributed by atoms with Crippen molar-refractivity contribution in [1.29, 1.82) is 0 Å². The summed E-state index contributed by atoms with van der Waals surface area (Å²) in [6, 6.07) is 38.5. The number of hydrogen-bond acceptors (Lipinski definition) is 0. The second-order valence-electron chi connectivity index (χ2n) is 7.98. The average molecular weight is 768 g/mol. The van der Waals surface area contributed by atoms with Crippen LogP contribution in [0.4, 0.5) is 0 Å². The van der Waals surface area contributed by atoms with Gasteiger partial charge in [0.1, 0.15) is 0 Å². The van der Waals surface area contributed by atoms with Crippen LogP contribution in [0.2, 0.25) is 0 Å². The first-order chi connectivity index (χ1) is 14.6.